The van der Waals surface area contributed by atoms with Gasteiger partial charge >= 0.3 is 0 Å². The fourth-order valence-corrected chi connectivity index (χ4v) is 4.57. The summed E-state index contributed by atoms with van der Waals surface area (Å²) in [6.45, 7) is 0.791. The molecule has 1 spiro atoms. The summed E-state index contributed by atoms with van der Waals surface area (Å²) < 4.78 is 13.4. The molecule has 2 aliphatic heterocycles. The Labute approximate surface area is 185 Å². The molecule has 32 heavy (non-hydrogen) atoms. The van der Waals surface area contributed by atoms with Gasteiger partial charge in [0, 0.05) is 30.4 Å². The molecule has 8 heteroatoms. The van der Waals surface area contributed by atoms with Crippen LogP contribution in [0.15, 0.2) is 54.1 Å². The number of nitrogens with zero attached hydrogens (tertiary/aromatic N) is 3. The highest BCUT2D eigenvalue weighted by molar-refractivity contribution is 6.50. The molecule has 0 saturated carbocycles. The Morgan fingerprint density at radius 3 is 2.38 bits per heavy atom. The molecule has 166 valence electrons. The number of likely N-dealkylation sites (N-methyl/N-ethyl adjacent to an activating group) is 1. The van der Waals surface area contributed by atoms with Gasteiger partial charge in [-0.2, -0.15) is 0 Å². The molecule has 2 aliphatic rings. The van der Waals surface area contributed by atoms with E-state index in [1.807, 2.05) is 19.0 Å². The Bertz CT molecular complexity index is 1140. The van der Waals surface area contributed by atoms with E-state index in [1.165, 1.54) is 21.9 Å². The molecule has 0 radical (unpaired) electrons. The van der Waals surface area contributed by atoms with Gasteiger partial charge in [-0.3, -0.25) is 14.4 Å². The van der Waals surface area contributed by atoms with Crippen LogP contribution in [0.1, 0.15) is 17.5 Å². The topological polar surface area (TPSA) is 81.2 Å². The monoisotopic (exact) mass is 437 g/mol. The molecule has 4 rings (SSSR count). The van der Waals surface area contributed by atoms with Crippen LogP contribution in [0.4, 0.5) is 10.1 Å². The van der Waals surface area contributed by atoms with Crippen molar-refractivity contribution in [1.29, 1.82) is 0 Å². The number of anilines is 1. The number of aliphatic hydroxyl groups excluding tert-OH is 1. The van der Waals surface area contributed by atoms with Crippen LogP contribution in [0, 0.1) is 5.82 Å². The lowest BCUT2D eigenvalue weighted by Crippen LogP contribution is -2.51. The van der Waals surface area contributed by atoms with Crippen LogP contribution in [-0.2, 0) is 19.9 Å². The highest BCUT2D eigenvalue weighted by Crippen LogP contribution is 2.53. The summed E-state index contributed by atoms with van der Waals surface area (Å²) in [6, 6.07) is 11.8. The number of hydrogen-bond donors (Lipinski definition) is 1. The molecular weight excluding hydrogens is 413 g/mol. The number of aliphatic hydroxyl groups is 1. The van der Waals surface area contributed by atoms with Gasteiger partial charge in [0.2, 0.25) is 0 Å². The van der Waals surface area contributed by atoms with Crippen molar-refractivity contribution in [2.75, 3.05) is 39.1 Å². The number of rotatable bonds is 5. The number of halogens is 1. The Kier molecular flexibility index (Phi) is 5.34. The zero-order valence-electron chi connectivity index (χ0n) is 18.1. The number of amides is 2. The van der Waals surface area contributed by atoms with E-state index in [1.54, 1.807) is 31.3 Å². The molecule has 1 atom stereocenters. The minimum atomic E-state index is -1.77. The molecular formula is C24H24FN3O4. The van der Waals surface area contributed by atoms with E-state index >= 15 is 0 Å². The predicted octanol–water partition coefficient (Wildman–Crippen LogP) is 2.33. The Morgan fingerprint density at radius 2 is 1.72 bits per heavy atom. The number of carbonyl (C=O) groups is 3. The Hall–Kier alpha value is -3.52. The first-order chi connectivity index (χ1) is 15.2. The Morgan fingerprint density at radius 1 is 1.06 bits per heavy atom. The average Bonchev–Trinajstić information content (AvgIpc) is 3.13. The van der Waals surface area contributed by atoms with Gasteiger partial charge < -0.3 is 19.8 Å². The highest BCUT2D eigenvalue weighted by Gasteiger charge is 2.66. The smallest absolute Gasteiger partial charge is 0.296 e. The third-order valence-electron chi connectivity index (χ3n) is 6.04. The maximum Gasteiger partial charge on any atom is 0.296 e. The number of hydrogen-bond acceptors (Lipinski definition) is 5. The molecule has 1 N–H and O–H groups in total. The summed E-state index contributed by atoms with van der Waals surface area (Å²) in [5, 5.41) is 11.2. The lowest BCUT2D eigenvalue weighted by Gasteiger charge is -2.34. The molecule has 1 saturated heterocycles. The van der Waals surface area contributed by atoms with Gasteiger partial charge in [-0.1, -0.05) is 18.2 Å². The van der Waals surface area contributed by atoms with Crippen LogP contribution in [0.3, 0.4) is 0 Å². The van der Waals surface area contributed by atoms with Gasteiger partial charge in [-0.25, -0.2) is 4.39 Å². The lowest BCUT2D eigenvalue weighted by molar-refractivity contribution is -0.143. The van der Waals surface area contributed by atoms with E-state index in [0.29, 0.717) is 24.2 Å². The van der Waals surface area contributed by atoms with Crippen molar-refractivity contribution in [3.05, 3.63) is 71.0 Å². The van der Waals surface area contributed by atoms with Crippen LogP contribution < -0.4 is 4.90 Å². The first-order valence-electron chi connectivity index (χ1n) is 10.3. The van der Waals surface area contributed by atoms with Crippen LogP contribution in [0.5, 0.6) is 0 Å². The Balaban J connectivity index is 1.98. The summed E-state index contributed by atoms with van der Waals surface area (Å²) in [7, 11) is 5.36. The van der Waals surface area contributed by atoms with E-state index in [9.17, 15) is 23.9 Å². The summed E-state index contributed by atoms with van der Waals surface area (Å²) in [5.41, 5.74) is -0.899. The summed E-state index contributed by atoms with van der Waals surface area (Å²) >= 11 is 0. The van der Waals surface area contributed by atoms with E-state index < -0.39 is 34.7 Å². The first-order valence-corrected chi connectivity index (χ1v) is 10.3. The van der Waals surface area contributed by atoms with Crippen molar-refractivity contribution in [2.24, 2.45) is 0 Å². The van der Waals surface area contributed by atoms with Crippen LogP contribution in [-0.4, -0.2) is 66.7 Å². The normalized spacial score (nSPS) is 21.8. The van der Waals surface area contributed by atoms with Crippen molar-refractivity contribution in [3.63, 3.8) is 0 Å². The van der Waals surface area contributed by atoms with E-state index in [4.69, 9.17) is 0 Å². The number of ketones is 1. The maximum atomic E-state index is 13.7. The zero-order chi connectivity index (χ0) is 23.2. The molecule has 2 heterocycles. The fourth-order valence-electron chi connectivity index (χ4n) is 4.57. The quantitative estimate of drug-likeness (QED) is 0.441. The molecule has 2 aromatic rings. The molecule has 2 aromatic carbocycles. The van der Waals surface area contributed by atoms with Crippen molar-refractivity contribution < 1.29 is 23.9 Å². The van der Waals surface area contributed by atoms with Crippen molar-refractivity contribution >= 4 is 29.0 Å². The fraction of sp³-hybridized carbons (Fsp3) is 0.292. The SMILES string of the molecule is CN(C)CCCN1C(=O)C(=O)C(=C(O)c2ccc(F)cc2)[C@]12C(=O)N(C)c1ccccc12. The number of para-hydroxylation sites is 1. The third kappa shape index (κ3) is 3.02. The number of benzene rings is 2. The van der Waals surface area contributed by atoms with E-state index in [-0.39, 0.29) is 17.7 Å². The molecule has 0 aliphatic carbocycles. The number of Topliss-reactive ketones (excluding diaryl/α,β-unsaturated/α-hetero) is 1. The second-order valence-electron chi connectivity index (χ2n) is 8.26. The van der Waals surface area contributed by atoms with Gasteiger partial charge in [0.25, 0.3) is 17.6 Å². The van der Waals surface area contributed by atoms with Gasteiger partial charge in [0.1, 0.15) is 11.6 Å². The molecule has 0 bridgehead atoms. The molecule has 1 fully saturated rings. The first kappa shape index (κ1) is 21.7. The lowest BCUT2D eigenvalue weighted by atomic mass is 9.82. The summed E-state index contributed by atoms with van der Waals surface area (Å²) in [4.78, 5) is 44.8. The summed E-state index contributed by atoms with van der Waals surface area (Å²) in [6.07, 6.45) is 0.525. The molecule has 7 nitrogen and oxygen atoms in total. The highest BCUT2D eigenvalue weighted by atomic mass is 19.1. The second kappa shape index (κ2) is 7.87. The van der Waals surface area contributed by atoms with Gasteiger partial charge in [-0.05, 0) is 57.4 Å². The summed E-state index contributed by atoms with van der Waals surface area (Å²) in [5.74, 6) is -3.29. The van der Waals surface area contributed by atoms with Gasteiger partial charge in [0.15, 0.2) is 5.54 Å². The molecule has 2 amide bonds. The van der Waals surface area contributed by atoms with Crippen molar-refractivity contribution in [2.45, 2.75) is 12.0 Å². The van der Waals surface area contributed by atoms with Crippen LogP contribution >= 0.6 is 0 Å². The predicted molar refractivity (Wildman–Crippen MR) is 117 cm³/mol. The second-order valence-corrected chi connectivity index (χ2v) is 8.26. The van der Waals surface area contributed by atoms with Gasteiger partial charge in [-0.15, -0.1) is 0 Å². The molecule has 0 aromatic heterocycles. The minimum absolute atomic E-state index is 0.150. The van der Waals surface area contributed by atoms with E-state index in [0.717, 1.165) is 12.1 Å². The average molecular weight is 437 g/mol. The van der Waals surface area contributed by atoms with E-state index in [2.05, 4.69) is 0 Å². The maximum absolute atomic E-state index is 13.7. The van der Waals surface area contributed by atoms with Crippen LogP contribution in [0.2, 0.25) is 0 Å². The molecule has 0 unspecified atom stereocenters. The number of fused-ring (bicyclic) bond motifs is 2. The van der Waals surface area contributed by atoms with Crippen LogP contribution in [0.25, 0.3) is 5.76 Å². The van der Waals surface area contributed by atoms with Crippen molar-refractivity contribution in [1.82, 2.24) is 9.80 Å². The van der Waals surface area contributed by atoms with Crippen molar-refractivity contribution in [3.8, 4) is 0 Å². The minimum Gasteiger partial charge on any atom is -0.507 e. The standard InChI is InChI=1S/C24H24FN3O4/c1-26(2)13-6-14-28-22(31)21(30)19(20(29)15-9-11-16(25)12-10-15)24(28)17-7-4-5-8-18(17)27(3)23(24)32/h4-5,7-12,29H,6,13-14H2,1-3H3/t24-/m1/s1. The number of likely N-dealkylation sites (tertiary alicyclic amines) is 1. The zero-order valence-corrected chi connectivity index (χ0v) is 18.1. The number of carbonyl (C=O) groups excluding carboxylic acids is 3. The largest absolute Gasteiger partial charge is 0.507 e. The van der Waals surface area contributed by atoms with Gasteiger partial charge in [0.05, 0.1) is 5.57 Å². The third-order valence-corrected chi connectivity index (χ3v) is 6.04.